The molecule has 1 atom stereocenters. The number of hydrogen-bond donors (Lipinski definition) is 4. The fourth-order valence-corrected chi connectivity index (χ4v) is 6.50. The van der Waals surface area contributed by atoms with Crippen molar-refractivity contribution in [3.8, 4) is 22.8 Å². The van der Waals surface area contributed by atoms with Crippen LogP contribution >= 0.6 is 0 Å². The Morgan fingerprint density at radius 2 is 2.21 bits per heavy atom. The molecule has 4 heterocycles. The maximum atomic E-state index is 14.4. The summed E-state index contributed by atoms with van der Waals surface area (Å²) in [5.41, 5.74) is 3.90. The Morgan fingerprint density at radius 1 is 1.30 bits per heavy atom. The second-order valence-corrected chi connectivity index (χ2v) is 10.6. The van der Waals surface area contributed by atoms with Crippen LogP contribution in [0.4, 0.5) is 15.8 Å². The second kappa shape index (κ2) is 9.56. The van der Waals surface area contributed by atoms with Gasteiger partial charge in [0.15, 0.2) is 0 Å². The van der Waals surface area contributed by atoms with E-state index in [1.807, 2.05) is 6.07 Å². The van der Waals surface area contributed by atoms with E-state index in [0.717, 1.165) is 30.6 Å². The van der Waals surface area contributed by atoms with Gasteiger partial charge < -0.3 is 0 Å². The van der Waals surface area contributed by atoms with Gasteiger partial charge in [0.2, 0.25) is 0 Å². The van der Waals surface area contributed by atoms with Gasteiger partial charge in [-0.15, -0.1) is 0 Å². The molecule has 2 bridgehead atoms. The van der Waals surface area contributed by atoms with Crippen LogP contribution < -0.4 is 45.1 Å². The number of benzene rings is 1. The van der Waals surface area contributed by atoms with E-state index in [2.05, 4.69) is 24.1 Å². The molecule has 0 saturated heterocycles. The van der Waals surface area contributed by atoms with E-state index < -0.39 is 27.3 Å². The summed E-state index contributed by atoms with van der Waals surface area (Å²) in [6.45, 7) is 2.06. The molecular weight excluding hydrogens is 540 g/mol. The summed E-state index contributed by atoms with van der Waals surface area (Å²) >= 11 is -0.412. The first kappa shape index (κ1) is 22.0. The average molecular weight is 564 g/mol. The Hall–Kier alpha value is -2.86. The van der Waals surface area contributed by atoms with E-state index >= 15 is 0 Å². The van der Waals surface area contributed by atoms with Crippen LogP contribution in [0.3, 0.4) is 0 Å². The molecule has 4 N–H and O–H groups in total. The summed E-state index contributed by atoms with van der Waals surface area (Å²) in [5, 5.41) is 6.32. The zero-order chi connectivity index (χ0) is 22.8. The first-order chi connectivity index (χ1) is 16.2. The molecule has 10 heteroatoms. The number of ether oxygens (including phenoxy) is 2. The van der Waals surface area contributed by atoms with E-state index in [4.69, 9.17) is 9.47 Å². The van der Waals surface area contributed by atoms with Crippen molar-refractivity contribution in [1.29, 1.82) is 0 Å². The van der Waals surface area contributed by atoms with Crippen LogP contribution in [-0.4, -0.2) is 42.7 Å². The first-order valence-electron chi connectivity index (χ1n) is 10.7. The van der Waals surface area contributed by atoms with Crippen molar-refractivity contribution in [2.45, 2.75) is 16.8 Å². The molecule has 8 nitrogen and oxygen atoms in total. The molecule has 5 rings (SSSR count). The van der Waals surface area contributed by atoms with Crippen molar-refractivity contribution in [2.75, 3.05) is 32.1 Å². The standard InChI is InChI=1S/C23H24FIN5O3/c1-32-22-14(24)5-4-6-16(22)29-21-18-20-15(11-27-23(18)31)25-28-8-2-3-10-33-17-12-26-9-7-13(17)19(21)30-20/h4-7,9,12,15,28-30H,2-3,8,10-11H2,1H3,(H,27,31)/q-1/t15-/m0/s1. The average Bonchev–Trinajstić information content (AvgIpc) is 3.20. The van der Waals surface area contributed by atoms with Crippen LogP contribution in [-0.2, 0) is 0 Å². The number of aromatic amines is 1. The molecule has 2 aromatic heterocycles. The van der Waals surface area contributed by atoms with Gasteiger partial charge in [0.25, 0.3) is 0 Å². The number of rotatable bonds is 3. The number of amides is 1. The quantitative estimate of drug-likeness (QED) is 0.211. The fraction of sp³-hybridized carbons (Fsp3) is 0.304. The summed E-state index contributed by atoms with van der Waals surface area (Å²) in [7, 11) is 1.42. The Morgan fingerprint density at radius 3 is 3.09 bits per heavy atom. The summed E-state index contributed by atoms with van der Waals surface area (Å²) in [4.78, 5) is 20.8. The second-order valence-electron chi connectivity index (χ2n) is 7.71. The Labute approximate surface area is 201 Å². The number of alkyl halides is 1. The number of carbonyl (C=O) groups excluding carboxylic acids is 1. The van der Waals surface area contributed by atoms with Crippen molar-refractivity contribution in [2.24, 2.45) is 0 Å². The van der Waals surface area contributed by atoms with E-state index in [-0.39, 0.29) is 15.6 Å². The van der Waals surface area contributed by atoms with Crippen molar-refractivity contribution in [1.82, 2.24) is 18.8 Å². The van der Waals surface area contributed by atoms with Gasteiger partial charge in [0.1, 0.15) is 0 Å². The molecule has 2 aliphatic heterocycles. The summed E-state index contributed by atoms with van der Waals surface area (Å²) in [5.74, 6) is 0.0558. The Bertz CT molecular complexity index is 1180. The maximum absolute atomic E-state index is 14.4. The zero-order valence-corrected chi connectivity index (χ0v) is 20.2. The number of nitrogens with one attached hydrogen (secondary N) is 4. The summed E-state index contributed by atoms with van der Waals surface area (Å²) in [6, 6.07) is 6.52. The van der Waals surface area contributed by atoms with Crippen LogP contribution in [0, 0.1) is 5.82 Å². The normalized spacial score (nSPS) is 18.2. The molecule has 33 heavy (non-hydrogen) atoms. The van der Waals surface area contributed by atoms with Gasteiger partial charge in [-0.25, -0.2) is 0 Å². The zero-order valence-electron chi connectivity index (χ0n) is 18.0. The molecule has 0 fully saturated rings. The number of carbonyl (C=O) groups is 1. The molecule has 0 unspecified atom stereocenters. The number of methoxy groups -OCH3 is 1. The molecule has 1 amide bonds. The molecule has 0 spiro atoms. The van der Waals surface area contributed by atoms with Crippen LogP contribution in [0.15, 0.2) is 36.7 Å². The molecule has 0 saturated carbocycles. The number of anilines is 2. The number of pyridine rings is 1. The van der Waals surface area contributed by atoms with Gasteiger partial charge >= 0.3 is 202 Å². The summed E-state index contributed by atoms with van der Waals surface area (Å²) < 4.78 is 29.5. The van der Waals surface area contributed by atoms with Crippen LogP contribution in [0.25, 0.3) is 11.3 Å². The minimum atomic E-state index is -0.485. The third-order valence-corrected chi connectivity index (χ3v) is 8.42. The Balaban J connectivity index is 1.71. The van der Waals surface area contributed by atoms with E-state index in [1.54, 1.807) is 24.5 Å². The van der Waals surface area contributed by atoms with Crippen molar-refractivity contribution in [3.05, 3.63) is 53.7 Å². The SMILES string of the molecule is COc1c(F)cccc1Nc1c2[nH]c3c1C(=O)NC[C@@H]3[I-]NCCCCOc1cnccc1-2. The number of nitrogens with zero attached hydrogens (tertiary/aromatic N) is 1. The topological polar surface area (TPSA) is 100 Å². The van der Waals surface area contributed by atoms with E-state index in [9.17, 15) is 9.18 Å². The number of aromatic nitrogens is 2. The van der Waals surface area contributed by atoms with Crippen molar-refractivity contribution >= 4 is 17.3 Å². The number of hydrogen-bond acceptors (Lipinski definition) is 6. The van der Waals surface area contributed by atoms with Gasteiger partial charge in [0, 0.05) is 0 Å². The predicted octanol–water partition coefficient (Wildman–Crippen LogP) is 0.519. The molecule has 0 aliphatic carbocycles. The monoisotopic (exact) mass is 564 g/mol. The molecule has 1 aromatic carbocycles. The predicted molar refractivity (Wildman–Crippen MR) is 118 cm³/mol. The van der Waals surface area contributed by atoms with Gasteiger partial charge in [-0.3, -0.25) is 0 Å². The Kier molecular flexibility index (Phi) is 6.36. The molecule has 3 aromatic rings. The van der Waals surface area contributed by atoms with E-state index in [1.165, 1.54) is 13.2 Å². The van der Waals surface area contributed by atoms with E-state index in [0.29, 0.717) is 41.5 Å². The third kappa shape index (κ3) is 4.24. The van der Waals surface area contributed by atoms with Gasteiger partial charge in [-0.1, -0.05) is 0 Å². The third-order valence-electron chi connectivity index (χ3n) is 5.63. The number of halogens is 2. The number of fused-ring (bicyclic) bond motifs is 3. The van der Waals surface area contributed by atoms with Gasteiger partial charge in [0.05, 0.1) is 0 Å². The molecular formula is C23H24FIN5O3-. The van der Waals surface area contributed by atoms with Crippen LogP contribution in [0.1, 0.15) is 32.8 Å². The first-order valence-corrected chi connectivity index (χ1v) is 13.1. The fourth-order valence-electron chi connectivity index (χ4n) is 4.06. The van der Waals surface area contributed by atoms with Crippen LogP contribution in [0.5, 0.6) is 11.5 Å². The van der Waals surface area contributed by atoms with Crippen LogP contribution in [0.2, 0.25) is 0 Å². The number of para-hydroxylation sites is 1. The van der Waals surface area contributed by atoms with Gasteiger partial charge in [-0.05, 0) is 0 Å². The minimum absolute atomic E-state index is 0.0841. The van der Waals surface area contributed by atoms with Crippen molar-refractivity contribution in [3.63, 3.8) is 0 Å². The van der Waals surface area contributed by atoms with Crippen molar-refractivity contribution < 1.29 is 40.1 Å². The van der Waals surface area contributed by atoms with Gasteiger partial charge in [-0.2, -0.15) is 0 Å². The number of H-pyrrole nitrogens is 1. The molecule has 174 valence electrons. The molecule has 2 aliphatic rings. The summed E-state index contributed by atoms with van der Waals surface area (Å²) in [6.07, 6.45) is 5.32. The molecule has 0 radical (unpaired) electrons.